The van der Waals surface area contributed by atoms with Crippen LogP contribution in [0.4, 0.5) is 5.95 Å². The summed E-state index contributed by atoms with van der Waals surface area (Å²) in [6.45, 7) is 1.57. The fraction of sp³-hybridized carbons (Fsp3) is 0.375. The van der Waals surface area contributed by atoms with Crippen LogP contribution in [-0.4, -0.2) is 39.6 Å². The minimum absolute atomic E-state index is 0.0392. The Bertz CT molecular complexity index is 744. The third-order valence-corrected chi connectivity index (χ3v) is 3.94. The number of aryl methyl sites for hydroxylation is 1. The molecule has 7 nitrogen and oxygen atoms in total. The summed E-state index contributed by atoms with van der Waals surface area (Å²) in [5.74, 6) is 0.523. The molecule has 0 aliphatic carbocycles. The van der Waals surface area contributed by atoms with E-state index in [1.807, 2.05) is 0 Å². The van der Waals surface area contributed by atoms with Gasteiger partial charge in [0.2, 0.25) is 11.5 Å². The summed E-state index contributed by atoms with van der Waals surface area (Å²) < 4.78 is 1.40. The molecule has 1 atom stereocenters. The average molecular weight is 313 g/mol. The highest BCUT2D eigenvalue weighted by molar-refractivity contribution is 5.94. The first-order valence-corrected chi connectivity index (χ1v) is 7.63. The number of amides is 1. The monoisotopic (exact) mass is 313 g/mol. The molecular weight excluding hydrogens is 294 g/mol. The van der Waals surface area contributed by atoms with E-state index in [2.05, 4.69) is 20.2 Å². The number of carbonyl (C=O) groups is 1. The third kappa shape index (κ3) is 3.56. The lowest BCUT2D eigenvalue weighted by Crippen LogP contribution is -2.48. The average Bonchev–Trinajstić information content (AvgIpc) is 2.58. The van der Waals surface area contributed by atoms with E-state index >= 15 is 0 Å². The number of carbonyl (C=O) groups excluding carboxylic acids is 1. The highest BCUT2D eigenvalue weighted by Gasteiger charge is 2.23. The summed E-state index contributed by atoms with van der Waals surface area (Å²) in [5, 5.41) is 3.03. The van der Waals surface area contributed by atoms with Crippen LogP contribution in [-0.2, 0) is 7.05 Å². The molecule has 0 spiro atoms. The van der Waals surface area contributed by atoms with Gasteiger partial charge in [0.15, 0.2) is 0 Å². The van der Waals surface area contributed by atoms with Crippen molar-refractivity contribution in [3.8, 4) is 0 Å². The molecule has 1 amide bonds. The van der Waals surface area contributed by atoms with Crippen LogP contribution in [0.15, 0.2) is 41.6 Å². The molecule has 1 saturated heterocycles. The molecule has 1 N–H and O–H groups in total. The van der Waals surface area contributed by atoms with E-state index in [9.17, 15) is 9.59 Å². The Labute approximate surface area is 134 Å². The highest BCUT2D eigenvalue weighted by atomic mass is 16.2. The van der Waals surface area contributed by atoms with Crippen molar-refractivity contribution >= 4 is 11.9 Å². The largest absolute Gasteiger partial charge is 0.347 e. The van der Waals surface area contributed by atoms with Gasteiger partial charge in [-0.2, -0.15) is 0 Å². The third-order valence-electron chi connectivity index (χ3n) is 3.94. The van der Waals surface area contributed by atoms with Crippen molar-refractivity contribution in [2.45, 2.75) is 18.9 Å². The van der Waals surface area contributed by atoms with Gasteiger partial charge in [-0.05, 0) is 25.0 Å². The van der Waals surface area contributed by atoms with E-state index < -0.39 is 0 Å². The van der Waals surface area contributed by atoms with Crippen LogP contribution in [0.5, 0.6) is 0 Å². The molecule has 0 radical (unpaired) electrons. The number of nitrogens with zero attached hydrogens (tertiary/aromatic N) is 4. The van der Waals surface area contributed by atoms with Gasteiger partial charge < -0.3 is 14.8 Å². The normalized spacial score (nSPS) is 17.8. The Balaban J connectivity index is 1.66. The lowest BCUT2D eigenvalue weighted by Gasteiger charge is -2.33. The summed E-state index contributed by atoms with van der Waals surface area (Å²) in [6.07, 6.45) is 6.87. The first-order valence-electron chi connectivity index (χ1n) is 7.63. The van der Waals surface area contributed by atoms with Gasteiger partial charge >= 0.3 is 0 Å². The maximum Gasteiger partial charge on any atom is 0.253 e. The lowest BCUT2D eigenvalue weighted by molar-refractivity contribution is 0.0932. The molecule has 120 valence electrons. The summed E-state index contributed by atoms with van der Waals surface area (Å²) in [7, 11) is 1.63. The molecule has 0 saturated carbocycles. The Morgan fingerprint density at radius 2 is 2.09 bits per heavy atom. The standard InChI is InChI=1S/C16H19N5O2/c1-20-10-12(5-6-14(20)22)15(23)19-13-4-2-9-21(11-13)16-17-7-3-8-18-16/h3,5-8,10,13H,2,4,9,11H2,1H3,(H,19,23)/t13-/m1/s1. The Morgan fingerprint density at radius 1 is 1.30 bits per heavy atom. The van der Waals surface area contributed by atoms with Gasteiger partial charge in [-0.25, -0.2) is 9.97 Å². The summed E-state index contributed by atoms with van der Waals surface area (Å²) in [5.41, 5.74) is 0.354. The molecule has 1 aliphatic heterocycles. The molecule has 2 aromatic rings. The number of anilines is 1. The molecule has 3 rings (SSSR count). The van der Waals surface area contributed by atoms with E-state index in [1.165, 1.54) is 10.6 Å². The predicted molar refractivity (Wildman–Crippen MR) is 86.4 cm³/mol. The van der Waals surface area contributed by atoms with Crippen molar-refractivity contribution in [2.24, 2.45) is 7.05 Å². The van der Waals surface area contributed by atoms with Crippen LogP contribution in [0.25, 0.3) is 0 Å². The van der Waals surface area contributed by atoms with Crippen LogP contribution >= 0.6 is 0 Å². The predicted octanol–water partition coefficient (Wildman–Crippen LogP) is 0.574. The molecule has 3 heterocycles. The number of pyridine rings is 1. The summed E-state index contributed by atoms with van der Waals surface area (Å²) >= 11 is 0. The van der Waals surface area contributed by atoms with Crippen molar-refractivity contribution in [1.29, 1.82) is 0 Å². The van der Waals surface area contributed by atoms with Crippen molar-refractivity contribution < 1.29 is 4.79 Å². The Morgan fingerprint density at radius 3 is 2.83 bits per heavy atom. The summed E-state index contributed by atoms with van der Waals surface area (Å²) in [4.78, 5) is 34.3. The van der Waals surface area contributed by atoms with E-state index in [-0.39, 0.29) is 17.5 Å². The molecule has 0 unspecified atom stereocenters. The number of piperidine rings is 1. The highest BCUT2D eigenvalue weighted by Crippen LogP contribution is 2.15. The molecule has 1 aliphatic rings. The second-order valence-corrected chi connectivity index (χ2v) is 5.67. The topological polar surface area (TPSA) is 80.1 Å². The van der Waals surface area contributed by atoms with Crippen LogP contribution in [0.3, 0.4) is 0 Å². The fourth-order valence-corrected chi connectivity index (χ4v) is 2.73. The minimum atomic E-state index is -0.165. The van der Waals surface area contributed by atoms with Crippen LogP contribution < -0.4 is 15.8 Å². The zero-order valence-electron chi connectivity index (χ0n) is 13.0. The minimum Gasteiger partial charge on any atom is -0.347 e. The zero-order valence-corrected chi connectivity index (χ0v) is 13.0. The molecule has 1 fully saturated rings. The maximum atomic E-state index is 12.3. The quantitative estimate of drug-likeness (QED) is 0.896. The van der Waals surface area contributed by atoms with Gasteiger partial charge in [-0.15, -0.1) is 0 Å². The number of nitrogens with one attached hydrogen (secondary N) is 1. The first kappa shape index (κ1) is 15.2. The van der Waals surface area contributed by atoms with Crippen LogP contribution in [0, 0.1) is 0 Å². The van der Waals surface area contributed by atoms with Gasteiger partial charge in [0.1, 0.15) is 0 Å². The van der Waals surface area contributed by atoms with E-state index in [0.717, 1.165) is 19.4 Å². The van der Waals surface area contributed by atoms with Gasteiger partial charge in [0, 0.05) is 50.8 Å². The lowest BCUT2D eigenvalue weighted by atomic mass is 10.1. The van der Waals surface area contributed by atoms with Gasteiger partial charge in [0.25, 0.3) is 5.91 Å². The molecule has 23 heavy (non-hydrogen) atoms. The SMILES string of the molecule is Cn1cc(C(=O)N[C@@H]2CCCN(c3ncccn3)C2)ccc1=O. The van der Waals surface area contributed by atoms with E-state index in [4.69, 9.17) is 0 Å². The summed E-state index contributed by atoms with van der Waals surface area (Å²) in [6, 6.07) is 4.78. The maximum absolute atomic E-state index is 12.3. The second kappa shape index (κ2) is 6.60. The van der Waals surface area contributed by atoms with Gasteiger partial charge in [0.05, 0.1) is 5.56 Å². The second-order valence-electron chi connectivity index (χ2n) is 5.67. The number of hydrogen-bond donors (Lipinski definition) is 1. The Kier molecular flexibility index (Phi) is 4.36. The van der Waals surface area contributed by atoms with E-state index in [0.29, 0.717) is 18.1 Å². The molecular formula is C16H19N5O2. The van der Waals surface area contributed by atoms with Crippen molar-refractivity contribution in [3.05, 3.63) is 52.7 Å². The van der Waals surface area contributed by atoms with Gasteiger partial charge in [-0.1, -0.05) is 0 Å². The van der Waals surface area contributed by atoms with Crippen LogP contribution in [0.1, 0.15) is 23.2 Å². The van der Waals surface area contributed by atoms with Crippen molar-refractivity contribution in [3.63, 3.8) is 0 Å². The molecule has 7 heteroatoms. The number of aromatic nitrogens is 3. The number of hydrogen-bond acceptors (Lipinski definition) is 5. The number of rotatable bonds is 3. The fourth-order valence-electron chi connectivity index (χ4n) is 2.73. The molecule has 0 aromatic carbocycles. The van der Waals surface area contributed by atoms with Crippen molar-refractivity contribution in [1.82, 2.24) is 19.9 Å². The first-order chi connectivity index (χ1) is 11.1. The van der Waals surface area contributed by atoms with Crippen LogP contribution in [0.2, 0.25) is 0 Å². The zero-order chi connectivity index (χ0) is 16.2. The van der Waals surface area contributed by atoms with Gasteiger partial charge in [-0.3, -0.25) is 9.59 Å². The van der Waals surface area contributed by atoms with E-state index in [1.54, 1.807) is 37.8 Å². The smallest absolute Gasteiger partial charge is 0.253 e. The Hall–Kier alpha value is -2.70. The molecule has 2 aromatic heterocycles. The molecule has 0 bridgehead atoms. The van der Waals surface area contributed by atoms with Crippen molar-refractivity contribution in [2.75, 3.05) is 18.0 Å².